The SMILES string of the molecule is CC(OC(=O)[C@H]1[C@@H](/C=C(\Cl)C(F)(F)F)C1(C)C)c1cccc(Oc2ccccc2)c1. The van der Waals surface area contributed by atoms with Crippen LogP contribution >= 0.6 is 11.6 Å². The Kier molecular flexibility index (Phi) is 6.18. The minimum Gasteiger partial charge on any atom is -0.458 e. The first-order chi connectivity index (χ1) is 14.0. The lowest BCUT2D eigenvalue weighted by Crippen LogP contribution is -2.14. The summed E-state index contributed by atoms with van der Waals surface area (Å²) in [5.41, 5.74) is 0.0659. The zero-order valence-electron chi connectivity index (χ0n) is 16.7. The molecule has 3 nitrogen and oxygen atoms in total. The fourth-order valence-corrected chi connectivity index (χ4v) is 3.60. The molecular weight excluding hydrogens is 417 g/mol. The van der Waals surface area contributed by atoms with E-state index in [1.807, 2.05) is 30.3 Å². The highest BCUT2D eigenvalue weighted by Crippen LogP contribution is 2.60. The van der Waals surface area contributed by atoms with Crippen LogP contribution in [0.4, 0.5) is 13.2 Å². The number of hydrogen-bond acceptors (Lipinski definition) is 3. The van der Waals surface area contributed by atoms with Crippen molar-refractivity contribution in [3.05, 3.63) is 71.3 Å². The van der Waals surface area contributed by atoms with Crippen molar-refractivity contribution in [2.75, 3.05) is 0 Å². The van der Waals surface area contributed by atoms with Gasteiger partial charge < -0.3 is 9.47 Å². The van der Waals surface area contributed by atoms with Gasteiger partial charge in [-0.25, -0.2) is 0 Å². The Morgan fingerprint density at radius 3 is 2.37 bits per heavy atom. The fourth-order valence-electron chi connectivity index (χ4n) is 3.46. The lowest BCUT2D eigenvalue weighted by Gasteiger charge is -2.15. The van der Waals surface area contributed by atoms with Crippen LogP contribution in [0.5, 0.6) is 11.5 Å². The van der Waals surface area contributed by atoms with Crippen molar-refractivity contribution in [3.8, 4) is 11.5 Å². The number of halogens is 4. The van der Waals surface area contributed by atoms with E-state index >= 15 is 0 Å². The number of esters is 1. The maximum atomic E-state index is 12.7. The molecule has 1 aliphatic carbocycles. The van der Waals surface area contributed by atoms with Gasteiger partial charge in [0.1, 0.15) is 22.6 Å². The van der Waals surface area contributed by atoms with Gasteiger partial charge in [-0.15, -0.1) is 0 Å². The number of carbonyl (C=O) groups excluding carboxylic acids is 1. The van der Waals surface area contributed by atoms with Gasteiger partial charge in [0.25, 0.3) is 0 Å². The van der Waals surface area contributed by atoms with E-state index in [2.05, 4.69) is 0 Å². The maximum absolute atomic E-state index is 12.7. The van der Waals surface area contributed by atoms with Crippen molar-refractivity contribution >= 4 is 17.6 Å². The number of allylic oxidation sites excluding steroid dienone is 2. The number of alkyl halides is 3. The molecule has 1 aliphatic rings. The summed E-state index contributed by atoms with van der Waals surface area (Å²) in [5, 5.41) is -1.21. The van der Waals surface area contributed by atoms with E-state index in [1.165, 1.54) is 0 Å². The first-order valence-electron chi connectivity index (χ1n) is 9.48. The molecule has 0 saturated heterocycles. The highest BCUT2D eigenvalue weighted by atomic mass is 35.5. The number of benzene rings is 2. The van der Waals surface area contributed by atoms with Crippen molar-refractivity contribution in [1.82, 2.24) is 0 Å². The molecule has 2 aromatic rings. The van der Waals surface area contributed by atoms with Crippen LogP contribution in [0, 0.1) is 17.3 Å². The zero-order chi connectivity index (χ0) is 22.1. The lowest BCUT2D eigenvalue weighted by molar-refractivity contribution is -0.151. The number of carbonyl (C=O) groups is 1. The van der Waals surface area contributed by atoms with Crippen LogP contribution in [-0.4, -0.2) is 12.1 Å². The predicted octanol–water partition coefficient (Wildman–Crippen LogP) is 7.04. The molecule has 0 N–H and O–H groups in total. The summed E-state index contributed by atoms with van der Waals surface area (Å²) >= 11 is 5.34. The third kappa shape index (κ3) is 4.98. The van der Waals surface area contributed by atoms with Crippen molar-refractivity contribution in [2.45, 2.75) is 33.1 Å². The van der Waals surface area contributed by atoms with Crippen LogP contribution in [0.15, 0.2) is 65.7 Å². The van der Waals surface area contributed by atoms with E-state index in [4.69, 9.17) is 21.1 Å². The smallest absolute Gasteiger partial charge is 0.426 e. The summed E-state index contributed by atoms with van der Waals surface area (Å²) in [6.45, 7) is 5.15. The second-order valence-corrected chi connectivity index (χ2v) is 8.31. The van der Waals surface area contributed by atoms with Crippen molar-refractivity contribution < 1.29 is 27.4 Å². The fraction of sp³-hybridized carbons (Fsp3) is 0.348. The first-order valence-corrected chi connectivity index (χ1v) is 9.86. The van der Waals surface area contributed by atoms with Crippen LogP contribution in [0.1, 0.15) is 32.4 Å². The molecular formula is C23H22ClF3O3. The average molecular weight is 439 g/mol. The third-order valence-corrected chi connectivity index (χ3v) is 5.70. The highest BCUT2D eigenvalue weighted by molar-refractivity contribution is 6.30. The Morgan fingerprint density at radius 1 is 1.10 bits per heavy atom. The summed E-state index contributed by atoms with van der Waals surface area (Å²) in [5.74, 6) is -0.588. The van der Waals surface area contributed by atoms with E-state index < -0.39 is 40.5 Å². The molecule has 30 heavy (non-hydrogen) atoms. The Bertz CT molecular complexity index is 938. The first kappa shape index (κ1) is 22.2. The number of ether oxygens (including phenoxy) is 2. The standard InChI is InChI=1S/C23H22ClF3O3/c1-14(15-8-7-11-17(12-15)30-16-9-5-4-6-10-16)29-21(28)20-18(22(20,2)3)13-19(24)23(25,26)27/h4-14,18,20H,1-3H3/b19-13-/t14?,18-,20-/m1/s1. The molecule has 0 spiro atoms. The molecule has 0 aliphatic heterocycles. The molecule has 3 atom stereocenters. The Labute approximate surface area is 178 Å². The monoisotopic (exact) mass is 438 g/mol. The Hall–Kier alpha value is -2.47. The van der Waals surface area contributed by atoms with Gasteiger partial charge in [0.2, 0.25) is 0 Å². The van der Waals surface area contributed by atoms with Gasteiger partial charge in [0.05, 0.1) is 5.92 Å². The predicted molar refractivity (Wildman–Crippen MR) is 108 cm³/mol. The lowest BCUT2D eigenvalue weighted by atomic mass is 10.1. The molecule has 0 amide bonds. The number of hydrogen-bond donors (Lipinski definition) is 0. The van der Waals surface area contributed by atoms with E-state index in [1.54, 1.807) is 45.0 Å². The summed E-state index contributed by atoms with van der Waals surface area (Å²) in [6, 6.07) is 16.4. The average Bonchev–Trinajstić information content (AvgIpc) is 3.22. The van der Waals surface area contributed by atoms with Gasteiger partial charge in [-0.2, -0.15) is 13.2 Å². The van der Waals surface area contributed by atoms with Crippen LogP contribution in [0.3, 0.4) is 0 Å². The normalized spacial score (nSPS) is 21.6. The van der Waals surface area contributed by atoms with Crippen molar-refractivity contribution in [2.24, 2.45) is 17.3 Å². The quantitative estimate of drug-likeness (QED) is 0.454. The summed E-state index contributed by atoms with van der Waals surface area (Å²) in [7, 11) is 0. The van der Waals surface area contributed by atoms with Gasteiger partial charge >= 0.3 is 12.1 Å². The molecule has 160 valence electrons. The minimum absolute atomic E-state index is 0.547. The van der Waals surface area contributed by atoms with Gasteiger partial charge in [0, 0.05) is 0 Å². The van der Waals surface area contributed by atoms with Crippen molar-refractivity contribution in [1.29, 1.82) is 0 Å². The second-order valence-electron chi connectivity index (χ2n) is 7.90. The van der Waals surface area contributed by atoms with E-state index in [9.17, 15) is 18.0 Å². The number of para-hydroxylation sites is 1. The Morgan fingerprint density at radius 2 is 1.73 bits per heavy atom. The minimum atomic E-state index is -4.62. The molecule has 1 saturated carbocycles. The molecule has 0 heterocycles. The topological polar surface area (TPSA) is 35.5 Å². The molecule has 3 rings (SSSR count). The highest BCUT2D eigenvalue weighted by Gasteiger charge is 2.62. The molecule has 7 heteroatoms. The van der Waals surface area contributed by atoms with Gasteiger partial charge in [-0.05, 0) is 48.1 Å². The van der Waals surface area contributed by atoms with Crippen molar-refractivity contribution in [3.63, 3.8) is 0 Å². The van der Waals surface area contributed by atoms with E-state index in [0.717, 1.165) is 11.6 Å². The van der Waals surface area contributed by atoms with Crippen LogP contribution in [0.25, 0.3) is 0 Å². The molecule has 0 bridgehead atoms. The Balaban J connectivity index is 1.67. The van der Waals surface area contributed by atoms with Gasteiger partial charge in [0.15, 0.2) is 0 Å². The number of rotatable bonds is 6. The van der Waals surface area contributed by atoms with Crippen LogP contribution < -0.4 is 4.74 Å². The largest absolute Gasteiger partial charge is 0.458 e. The maximum Gasteiger partial charge on any atom is 0.426 e. The van der Waals surface area contributed by atoms with Gasteiger partial charge in [-0.3, -0.25) is 4.79 Å². The van der Waals surface area contributed by atoms with Gasteiger partial charge in [-0.1, -0.05) is 61.9 Å². The molecule has 1 unspecified atom stereocenters. The van der Waals surface area contributed by atoms with Crippen LogP contribution in [-0.2, 0) is 9.53 Å². The molecule has 0 radical (unpaired) electrons. The molecule has 1 fully saturated rings. The molecule has 0 aromatic heterocycles. The summed E-state index contributed by atoms with van der Waals surface area (Å²) in [4.78, 5) is 12.6. The second kappa shape index (κ2) is 8.34. The third-order valence-electron chi connectivity index (χ3n) is 5.36. The van der Waals surface area contributed by atoms with Crippen LogP contribution in [0.2, 0.25) is 0 Å². The molecule has 2 aromatic carbocycles. The zero-order valence-corrected chi connectivity index (χ0v) is 17.5. The summed E-state index contributed by atoms with van der Waals surface area (Å²) in [6.07, 6.45) is -4.30. The van der Waals surface area contributed by atoms with E-state index in [0.29, 0.717) is 11.5 Å². The van der Waals surface area contributed by atoms with E-state index in [-0.39, 0.29) is 0 Å². The summed E-state index contributed by atoms with van der Waals surface area (Å²) < 4.78 is 49.5.